The molecule has 0 spiro atoms. The number of imide groups is 1. The number of hydrogen-bond donors (Lipinski definition) is 1. The molecule has 130 valence electrons. The summed E-state index contributed by atoms with van der Waals surface area (Å²) in [6, 6.07) is 9.37. The van der Waals surface area contributed by atoms with Gasteiger partial charge in [-0.3, -0.25) is 9.69 Å². The SMILES string of the molecule is CC(C)C[C@@]1(c2ccccc2)NC(=O)N(CN2CCCCC2)C1=O. The van der Waals surface area contributed by atoms with E-state index >= 15 is 0 Å². The van der Waals surface area contributed by atoms with Crippen molar-refractivity contribution in [3.05, 3.63) is 35.9 Å². The van der Waals surface area contributed by atoms with Gasteiger partial charge in [0.2, 0.25) is 0 Å². The minimum atomic E-state index is -0.928. The average Bonchev–Trinajstić information content (AvgIpc) is 2.81. The molecule has 0 aromatic heterocycles. The van der Waals surface area contributed by atoms with E-state index in [4.69, 9.17) is 0 Å². The number of piperidine rings is 1. The highest BCUT2D eigenvalue weighted by Crippen LogP contribution is 2.35. The van der Waals surface area contributed by atoms with Crippen molar-refractivity contribution in [3.63, 3.8) is 0 Å². The third-order valence-electron chi connectivity index (χ3n) is 4.95. The summed E-state index contributed by atoms with van der Waals surface area (Å²) in [6.07, 6.45) is 4.12. The van der Waals surface area contributed by atoms with E-state index in [9.17, 15) is 9.59 Å². The van der Waals surface area contributed by atoms with Gasteiger partial charge in [-0.2, -0.15) is 0 Å². The van der Waals surface area contributed by atoms with Gasteiger partial charge < -0.3 is 5.32 Å². The van der Waals surface area contributed by atoms with E-state index in [1.807, 2.05) is 30.3 Å². The maximum Gasteiger partial charge on any atom is 0.326 e. The molecule has 0 bridgehead atoms. The molecule has 1 aromatic carbocycles. The maximum absolute atomic E-state index is 13.3. The van der Waals surface area contributed by atoms with Crippen LogP contribution < -0.4 is 5.32 Å². The van der Waals surface area contributed by atoms with Gasteiger partial charge in [0.1, 0.15) is 5.54 Å². The van der Waals surface area contributed by atoms with Gasteiger partial charge in [0.05, 0.1) is 6.67 Å². The minimum Gasteiger partial charge on any atom is -0.319 e. The molecule has 0 aliphatic carbocycles. The zero-order valence-corrected chi connectivity index (χ0v) is 14.6. The number of hydrogen-bond acceptors (Lipinski definition) is 3. The predicted molar refractivity (Wildman–Crippen MR) is 93.2 cm³/mol. The Kier molecular flexibility index (Phi) is 4.90. The van der Waals surface area contributed by atoms with Crippen molar-refractivity contribution in [1.82, 2.24) is 15.1 Å². The standard InChI is InChI=1S/C19H27N3O2/c1-15(2)13-19(16-9-5-3-6-10-16)17(23)22(18(24)20-19)14-21-11-7-4-8-12-21/h3,5-6,9-10,15H,4,7-8,11-14H2,1-2H3,(H,20,24)/t19-/m0/s1. The van der Waals surface area contributed by atoms with Crippen molar-refractivity contribution in [2.75, 3.05) is 19.8 Å². The first-order valence-corrected chi connectivity index (χ1v) is 8.95. The Labute approximate surface area is 144 Å². The maximum atomic E-state index is 13.3. The zero-order valence-electron chi connectivity index (χ0n) is 14.6. The quantitative estimate of drug-likeness (QED) is 0.845. The smallest absolute Gasteiger partial charge is 0.319 e. The van der Waals surface area contributed by atoms with Gasteiger partial charge in [0, 0.05) is 0 Å². The van der Waals surface area contributed by atoms with Crippen molar-refractivity contribution >= 4 is 11.9 Å². The molecule has 3 amide bonds. The van der Waals surface area contributed by atoms with Gasteiger partial charge in [-0.05, 0) is 43.8 Å². The summed E-state index contributed by atoms with van der Waals surface area (Å²) in [5.74, 6) is 0.183. The Balaban J connectivity index is 1.87. The van der Waals surface area contributed by atoms with Crippen LogP contribution in [0.3, 0.4) is 0 Å². The molecule has 2 aliphatic rings. The van der Waals surface area contributed by atoms with Crippen molar-refractivity contribution in [2.45, 2.75) is 45.1 Å². The van der Waals surface area contributed by atoms with Crippen LogP contribution in [0.5, 0.6) is 0 Å². The molecule has 2 heterocycles. The van der Waals surface area contributed by atoms with Crippen molar-refractivity contribution in [3.8, 4) is 0 Å². The third-order valence-corrected chi connectivity index (χ3v) is 4.95. The summed E-state index contributed by atoms with van der Waals surface area (Å²) in [5.41, 5.74) is -0.0549. The number of likely N-dealkylation sites (tertiary alicyclic amines) is 1. The molecule has 5 heteroatoms. The number of nitrogens with one attached hydrogen (secondary N) is 1. The van der Waals surface area contributed by atoms with Crippen LogP contribution in [0.4, 0.5) is 4.79 Å². The highest BCUT2D eigenvalue weighted by molar-refractivity contribution is 6.07. The topological polar surface area (TPSA) is 52.7 Å². The van der Waals surface area contributed by atoms with E-state index in [0.717, 1.165) is 31.5 Å². The summed E-state index contributed by atoms with van der Waals surface area (Å²) >= 11 is 0. The van der Waals surface area contributed by atoms with Gasteiger partial charge >= 0.3 is 6.03 Å². The second kappa shape index (κ2) is 6.93. The number of rotatable bonds is 5. The summed E-state index contributed by atoms with van der Waals surface area (Å²) in [4.78, 5) is 29.5. The van der Waals surface area contributed by atoms with Crippen LogP contribution in [0.25, 0.3) is 0 Å². The van der Waals surface area contributed by atoms with Crippen LogP contribution in [-0.2, 0) is 10.3 Å². The van der Waals surface area contributed by atoms with Gasteiger partial charge in [-0.15, -0.1) is 0 Å². The van der Waals surface area contributed by atoms with Crippen LogP contribution in [0.1, 0.15) is 45.1 Å². The Bertz CT molecular complexity index is 596. The monoisotopic (exact) mass is 329 g/mol. The molecule has 0 unspecified atom stereocenters. The number of carbonyl (C=O) groups is 2. The van der Waals surface area contributed by atoms with E-state index < -0.39 is 5.54 Å². The van der Waals surface area contributed by atoms with E-state index in [1.165, 1.54) is 11.3 Å². The molecule has 1 atom stereocenters. The lowest BCUT2D eigenvalue weighted by molar-refractivity contribution is -0.133. The van der Waals surface area contributed by atoms with Gasteiger partial charge in [0.25, 0.3) is 5.91 Å². The van der Waals surface area contributed by atoms with E-state index in [1.54, 1.807) is 0 Å². The lowest BCUT2D eigenvalue weighted by Crippen LogP contribution is -2.47. The van der Waals surface area contributed by atoms with Crippen molar-refractivity contribution in [2.24, 2.45) is 5.92 Å². The molecular weight excluding hydrogens is 302 g/mol. The largest absolute Gasteiger partial charge is 0.326 e. The number of carbonyl (C=O) groups excluding carboxylic acids is 2. The average molecular weight is 329 g/mol. The van der Waals surface area contributed by atoms with E-state index in [2.05, 4.69) is 24.1 Å². The molecule has 3 rings (SSSR count). The molecule has 5 nitrogen and oxygen atoms in total. The highest BCUT2D eigenvalue weighted by atomic mass is 16.2. The molecule has 0 saturated carbocycles. The zero-order chi connectivity index (χ0) is 17.2. The van der Waals surface area contributed by atoms with Gasteiger partial charge in [-0.25, -0.2) is 9.69 Å². The van der Waals surface area contributed by atoms with Gasteiger partial charge in [-0.1, -0.05) is 50.6 Å². The van der Waals surface area contributed by atoms with E-state index in [0.29, 0.717) is 19.0 Å². The fourth-order valence-corrected chi connectivity index (χ4v) is 3.84. The molecule has 0 radical (unpaired) electrons. The number of nitrogens with zero attached hydrogens (tertiary/aromatic N) is 2. The number of benzene rings is 1. The fourth-order valence-electron chi connectivity index (χ4n) is 3.84. The summed E-state index contributed by atoms with van der Waals surface area (Å²) in [5, 5.41) is 3.02. The van der Waals surface area contributed by atoms with Crippen LogP contribution >= 0.6 is 0 Å². The molecule has 1 N–H and O–H groups in total. The number of amides is 3. The molecule has 24 heavy (non-hydrogen) atoms. The molecular formula is C19H27N3O2. The van der Waals surface area contributed by atoms with Gasteiger partial charge in [0.15, 0.2) is 0 Å². The highest BCUT2D eigenvalue weighted by Gasteiger charge is 2.52. The second-order valence-corrected chi connectivity index (χ2v) is 7.35. The first kappa shape index (κ1) is 17.0. The Morgan fingerprint density at radius 3 is 2.38 bits per heavy atom. The minimum absolute atomic E-state index is 0.113. The first-order valence-electron chi connectivity index (χ1n) is 8.95. The van der Waals surface area contributed by atoms with Crippen LogP contribution in [-0.4, -0.2) is 41.5 Å². The Hall–Kier alpha value is -1.88. The van der Waals surface area contributed by atoms with Crippen LogP contribution in [0.2, 0.25) is 0 Å². The predicted octanol–water partition coefficient (Wildman–Crippen LogP) is 2.92. The molecule has 2 aliphatic heterocycles. The van der Waals surface area contributed by atoms with Crippen molar-refractivity contribution < 1.29 is 9.59 Å². The lowest BCUT2D eigenvalue weighted by Gasteiger charge is -2.31. The summed E-state index contributed by atoms with van der Waals surface area (Å²) in [6.45, 7) is 6.48. The molecule has 1 aromatic rings. The third kappa shape index (κ3) is 3.18. The fraction of sp³-hybridized carbons (Fsp3) is 0.579. The normalized spacial score (nSPS) is 25.4. The van der Waals surface area contributed by atoms with E-state index in [-0.39, 0.29) is 11.9 Å². The second-order valence-electron chi connectivity index (χ2n) is 7.35. The summed E-state index contributed by atoms with van der Waals surface area (Å²) in [7, 11) is 0. The first-order chi connectivity index (χ1) is 11.5. The molecule has 2 fully saturated rings. The Morgan fingerprint density at radius 1 is 1.08 bits per heavy atom. The number of urea groups is 1. The molecule has 2 saturated heterocycles. The summed E-state index contributed by atoms with van der Waals surface area (Å²) < 4.78 is 0. The Morgan fingerprint density at radius 2 is 1.75 bits per heavy atom. The van der Waals surface area contributed by atoms with Crippen molar-refractivity contribution in [1.29, 1.82) is 0 Å². The van der Waals surface area contributed by atoms with Crippen LogP contribution in [0.15, 0.2) is 30.3 Å². The van der Waals surface area contributed by atoms with Crippen LogP contribution in [0, 0.1) is 5.92 Å². The lowest BCUT2D eigenvalue weighted by atomic mass is 9.82.